The fourth-order valence-electron chi connectivity index (χ4n) is 0.637. The molecule has 0 saturated heterocycles. The second kappa shape index (κ2) is 3.74. The summed E-state index contributed by atoms with van der Waals surface area (Å²) in [4.78, 5) is 0. The molecule has 0 aromatic heterocycles. The highest BCUT2D eigenvalue weighted by atomic mass is 127. The largest absolute Gasteiger partial charge is 0.192 e. The van der Waals surface area contributed by atoms with Crippen LogP contribution in [0.25, 0.3) is 0 Å². The van der Waals surface area contributed by atoms with Crippen molar-refractivity contribution in [1.29, 1.82) is 5.26 Å². The van der Waals surface area contributed by atoms with Crippen LogP contribution >= 0.6 is 50.1 Å². The summed E-state index contributed by atoms with van der Waals surface area (Å²) in [6, 6.07) is 5.57. The van der Waals surface area contributed by atoms with Gasteiger partial charge in [-0.3, -0.25) is 0 Å². The summed E-state index contributed by atoms with van der Waals surface area (Å²) in [7, 11) is 0. The molecule has 0 saturated carbocycles. The number of hydrogen-bond donors (Lipinski definition) is 0. The molecule has 4 heteroatoms. The molecule has 0 N–H and O–H groups in total. The predicted octanol–water partition coefficient (Wildman–Crippen LogP) is 3.58. The van der Waals surface area contributed by atoms with Gasteiger partial charge >= 0.3 is 0 Å². The first-order valence-electron chi connectivity index (χ1n) is 2.70. The van der Waals surface area contributed by atoms with Crippen LogP contribution in [0.1, 0.15) is 5.56 Å². The number of hydrogen-bond acceptors (Lipinski definition) is 1. The van der Waals surface area contributed by atoms with E-state index >= 15 is 0 Å². The van der Waals surface area contributed by atoms with Gasteiger partial charge in [-0.1, -0.05) is 27.5 Å². The lowest BCUT2D eigenvalue weighted by Gasteiger charge is -1.98. The number of nitriles is 1. The SMILES string of the molecule is N#Cc1cc(Br)cc(Cl)c1I. The van der Waals surface area contributed by atoms with Gasteiger partial charge in [0.05, 0.1) is 10.6 Å². The smallest absolute Gasteiger partial charge is 0.100 e. The van der Waals surface area contributed by atoms with Crippen molar-refractivity contribution < 1.29 is 0 Å². The van der Waals surface area contributed by atoms with Gasteiger partial charge < -0.3 is 0 Å². The molecule has 0 atom stereocenters. The highest BCUT2D eigenvalue weighted by Gasteiger charge is 2.04. The third-order valence-corrected chi connectivity index (χ3v) is 3.35. The Kier molecular flexibility index (Phi) is 3.16. The first-order valence-corrected chi connectivity index (χ1v) is 4.94. The third-order valence-electron chi connectivity index (χ3n) is 1.11. The summed E-state index contributed by atoms with van der Waals surface area (Å²) in [6.07, 6.45) is 0. The molecule has 0 heterocycles. The van der Waals surface area contributed by atoms with Crippen LogP contribution in [0.4, 0.5) is 0 Å². The summed E-state index contributed by atoms with van der Waals surface area (Å²) in [6.45, 7) is 0. The predicted molar refractivity (Wildman–Crippen MR) is 56.6 cm³/mol. The van der Waals surface area contributed by atoms with Gasteiger partial charge in [0.2, 0.25) is 0 Å². The Bertz CT molecular complexity index is 332. The van der Waals surface area contributed by atoms with Crippen molar-refractivity contribution in [3.8, 4) is 6.07 Å². The summed E-state index contributed by atoms with van der Waals surface area (Å²) < 4.78 is 1.63. The van der Waals surface area contributed by atoms with E-state index in [9.17, 15) is 0 Å². The maximum absolute atomic E-state index is 8.63. The van der Waals surface area contributed by atoms with Crippen molar-refractivity contribution in [2.24, 2.45) is 0 Å². The maximum atomic E-state index is 8.63. The minimum absolute atomic E-state index is 0.602. The van der Waals surface area contributed by atoms with Crippen LogP contribution in [0.15, 0.2) is 16.6 Å². The van der Waals surface area contributed by atoms with Gasteiger partial charge in [0.1, 0.15) is 6.07 Å². The number of benzene rings is 1. The van der Waals surface area contributed by atoms with Gasteiger partial charge in [0, 0.05) is 8.04 Å². The molecule has 0 bridgehead atoms. The highest BCUT2D eigenvalue weighted by Crippen LogP contribution is 2.26. The first-order chi connectivity index (χ1) is 5.15. The van der Waals surface area contributed by atoms with E-state index < -0.39 is 0 Å². The third kappa shape index (κ3) is 2.08. The lowest BCUT2D eigenvalue weighted by molar-refractivity contribution is 1.45. The van der Waals surface area contributed by atoms with Crippen molar-refractivity contribution in [2.75, 3.05) is 0 Å². The van der Waals surface area contributed by atoms with Crippen LogP contribution in [0, 0.1) is 14.9 Å². The minimum atomic E-state index is 0.602. The first kappa shape index (κ1) is 9.30. The van der Waals surface area contributed by atoms with E-state index in [1.807, 2.05) is 22.6 Å². The molecule has 0 radical (unpaired) electrons. The normalized spacial score (nSPS) is 9.27. The van der Waals surface area contributed by atoms with Crippen molar-refractivity contribution in [3.63, 3.8) is 0 Å². The van der Waals surface area contributed by atoms with Gasteiger partial charge in [-0.15, -0.1) is 0 Å². The summed E-state index contributed by atoms with van der Waals surface area (Å²) in [5.74, 6) is 0. The van der Waals surface area contributed by atoms with E-state index in [1.54, 1.807) is 12.1 Å². The Morgan fingerprint density at radius 1 is 1.55 bits per heavy atom. The molecule has 1 aromatic carbocycles. The van der Waals surface area contributed by atoms with Crippen molar-refractivity contribution >= 4 is 50.1 Å². The van der Waals surface area contributed by atoms with Crippen molar-refractivity contribution in [2.45, 2.75) is 0 Å². The Morgan fingerprint density at radius 3 is 2.73 bits per heavy atom. The van der Waals surface area contributed by atoms with Gasteiger partial charge in [0.15, 0.2) is 0 Å². The number of nitrogens with zero attached hydrogens (tertiary/aromatic N) is 1. The lowest BCUT2D eigenvalue weighted by Crippen LogP contribution is -1.82. The van der Waals surface area contributed by atoms with E-state index in [0.29, 0.717) is 10.6 Å². The summed E-state index contributed by atoms with van der Waals surface area (Å²) in [5, 5.41) is 9.24. The average Bonchev–Trinajstić information content (AvgIpc) is 1.96. The molecule has 0 spiro atoms. The van der Waals surface area contributed by atoms with Crippen LogP contribution < -0.4 is 0 Å². The van der Waals surface area contributed by atoms with E-state index in [2.05, 4.69) is 22.0 Å². The second-order valence-electron chi connectivity index (χ2n) is 1.86. The Morgan fingerprint density at radius 2 is 2.18 bits per heavy atom. The van der Waals surface area contributed by atoms with Gasteiger partial charge in [-0.05, 0) is 34.7 Å². The van der Waals surface area contributed by atoms with Crippen LogP contribution in [-0.4, -0.2) is 0 Å². The van der Waals surface area contributed by atoms with Crippen LogP contribution in [0.5, 0.6) is 0 Å². The summed E-state index contributed by atoms with van der Waals surface area (Å²) >= 11 is 11.1. The zero-order chi connectivity index (χ0) is 8.43. The molecule has 1 aromatic rings. The molecule has 0 amide bonds. The molecule has 0 unspecified atom stereocenters. The monoisotopic (exact) mass is 341 g/mol. The summed E-state index contributed by atoms with van der Waals surface area (Å²) in [5.41, 5.74) is 0.602. The molecule has 0 aliphatic heterocycles. The molecular formula is C7H2BrClIN. The fourth-order valence-corrected chi connectivity index (χ4v) is 1.88. The standard InChI is InChI=1S/C7H2BrClIN/c8-5-1-4(3-11)7(10)6(9)2-5/h1-2H. The number of rotatable bonds is 0. The molecule has 0 fully saturated rings. The van der Waals surface area contributed by atoms with Crippen LogP contribution in [0.3, 0.4) is 0 Å². The molecule has 1 rings (SSSR count). The number of halogens is 3. The Labute approximate surface area is 91.6 Å². The van der Waals surface area contributed by atoms with E-state index in [4.69, 9.17) is 16.9 Å². The van der Waals surface area contributed by atoms with E-state index in [1.165, 1.54) is 0 Å². The second-order valence-corrected chi connectivity index (χ2v) is 4.26. The maximum Gasteiger partial charge on any atom is 0.100 e. The fraction of sp³-hybridized carbons (Fsp3) is 0. The molecule has 56 valence electrons. The van der Waals surface area contributed by atoms with Gasteiger partial charge in [-0.25, -0.2) is 0 Å². The van der Waals surface area contributed by atoms with Crippen molar-refractivity contribution in [1.82, 2.24) is 0 Å². The van der Waals surface area contributed by atoms with E-state index in [0.717, 1.165) is 8.04 Å². The zero-order valence-corrected chi connectivity index (χ0v) is 9.74. The highest BCUT2D eigenvalue weighted by molar-refractivity contribution is 14.1. The lowest BCUT2D eigenvalue weighted by atomic mass is 10.2. The Hall–Kier alpha value is 0.210. The quantitative estimate of drug-likeness (QED) is 0.522. The average molecular weight is 342 g/mol. The van der Waals surface area contributed by atoms with Gasteiger partial charge in [-0.2, -0.15) is 5.26 Å². The van der Waals surface area contributed by atoms with Gasteiger partial charge in [0.25, 0.3) is 0 Å². The zero-order valence-electron chi connectivity index (χ0n) is 5.24. The molecular weight excluding hydrogens is 340 g/mol. The van der Waals surface area contributed by atoms with E-state index in [-0.39, 0.29) is 0 Å². The van der Waals surface area contributed by atoms with Crippen molar-refractivity contribution in [3.05, 3.63) is 30.8 Å². The molecule has 1 nitrogen and oxygen atoms in total. The minimum Gasteiger partial charge on any atom is -0.192 e. The molecule has 11 heavy (non-hydrogen) atoms. The molecule has 0 aliphatic carbocycles. The Balaban J connectivity index is 3.39. The van der Waals surface area contributed by atoms with Crippen LogP contribution in [-0.2, 0) is 0 Å². The topological polar surface area (TPSA) is 23.8 Å². The van der Waals surface area contributed by atoms with Crippen LogP contribution in [0.2, 0.25) is 5.02 Å². The molecule has 0 aliphatic rings.